The lowest BCUT2D eigenvalue weighted by Crippen LogP contribution is -2.44. The molecule has 2 fully saturated rings. The Morgan fingerprint density at radius 3 is 2.67 bits per heavy atom. The number of rotatable bonds is 4. The Morgan fingerprint density at radius 1 is 1.13 bits per heavy atom. The molecule has 0 atom stereocenters. The lowest BCUT2D eigenvalue weighted by atomic mass is 10.1. The molecule has 0 saturated carbocycles. The van der Waals surface area contributed by atoms with Crippen LogP contribution in [-0.4, -0.2) is 46.5 Å². The van der Waals surface area contributed by atoms with Crippen molar-refractivity contribution in [2.24, 2.45) is 0 Å². The van der Waals surface area contributed by atoms with Crippen LogP contribution in [0, 0.1) is 11.3 Å². The Balaban J connectivity index is 1.49. The molecule has 2 saturated heterocycles. The molecule has 4 rings (SSSR count). The van der Waals surface area contributed by atoms with Gasteiger partial charge in [0, 0.05) is 24.7 Å². The highest BCUT2D eigenvalue weighted by molar-refractivity contribution is 8.18. The smallest absolute Gasteiger partial charge is 0.294 e. The van der Waals surface area contributed by atoms with E-state index in [9.17, 15) is 19.6 Å². The van der Waals surface area contributed by atoms with Gasteiger partial charge < -0.3 is 9.32 Å². The fraction of sp³-hybridized carbons (Fsp3) is 0.273. The summed E-state index contributed by atoms with van der Waals surface area (Å²) in [6.45, 7) is 1.11. The van der Waals surface area contributed by atoms with Gasteiger partial charge in [-0.2, -0.15) is 5.26 Å². The molecule has 2 aromatic rings. The lowest BCUT2D eigenvalue weighted by molar-refractivity contribution is -0.136. The van der Waals surface area contributed by atoms with Crippen molar-refractivity contribution in [3.8, 4) is 17.4 Å². The van der Waals surface area contributed by atoms with Crippen molar-refractivity contribution < 1.29 is 18.8 Å². The van der Waals surface area contributed by atoms with Gasteiger partial charge in [0.05, 0.1) is 16.5 Å². The van der Waals surface area contributed by atoms with Crippen LogP contribution in [0.2, 0.25) is 0 Å². The molecule has 0 unspecified atom stereocenters. The minimum atomic E-state index is -0.495. The van der Waals surface area contributed by atoms with Crippen LogP contribution >= 0.6 is 11.8 Å². The van der Waals surface area contributed by atoms with E-state index in [1.165, 1.54) is 6.08 Å². The SMILES string of the molecule is N#Cc1ccccc1-c1ccc(/C=C2/SC(=O)N(CC(=O)N3CCCCC3)C2=O)o1. The molecule has 2 aliphatic heterocycles. The fourth-order valence-electron chi connectivity index (χ4n) is 3.51. The summed E-state index contributed by atoms with van der Waals surface area (Å²) in [5, 5.41) is 8.79. The van der Waals surface area contributed by atoms with E-state index in [4.69, 9.17) is 4.42 Å². The number of benzene rings is 1. The highest BCUT2D eigenvalue weighted by Gasteiger charge is 2.37. The first-order valence-corrected chi connectivity index (χ1v) is 10.5. The summed E-state index contributed by atoms with van der Waals surface area (Å²) in [5.41, 5.74) is 1.13. The molecule has 152 valence electrons. The quantitative estimate of drug-likeness (QED) is 0.696. The number of hydrogen-bond acceptors (Lipinski definition) is 6. The van der Waals surface area contributed by atoms with Gasteiger partial charge in [0.2, 0.25) is 5.91 Å². The van der Waals surface area contributed by atoms with Gasteiger partial charge in [-0.15, -0.1) is 0 Å². The Morgan fingerprint density at radius 2 is 1.90 bits per heavy atom. The predicted octanol–water partition coefficient (Wildman–Crippen LogP) is 3.87. The molecule has 1 aromatic heterocycles. The summed E-state index contributed by atoms with van der Waals surface area (Å²) < 4.78 is 5.77. The number of likely N-dealkylation sites (tertiary alicyclic amines) is 1. The third kappa shape index (κ3) is 4.02. The van der Waals surface area contributed by atoms with E-state index in [1.54, 1.807) is 35.2 Å². The van der Waals surface area contributed by atoms with Gasteiger partial charge in [-0.25, -0.2) is 0 Å². The van der Waals surface area contributed by atoms with Crippen LogP contribution in [0.1, 0.15) is 30.6 Å². The molecule has 0 bridgehead atoms. The number of piperidine rings is 1. The second kappa shape index (κ2) is 8.59. The lowest BCUT2D eigenvalue weighted by Gasteiger charge is -2.27. The molecule has 30 heavy (non-hydrogen) atoms. The predicted molar refractivity (Wildman–Crippen MR) is 112 cm³/mol. The molecule has 0 aliphatic carbocycles. The van der Waals surface area contributed by atoms with Gasteiger partial charge in [0.15, 0.2) is 0 Å². The number of carbonyl (C=O) groups is 3. The molecule has 2 aliphatic rings. The summed E-state index contributed by atoms with van der Waals surface area (Å²) in [6, 6.07) is 12.6. The van der Waals surface area contributed by atoms with Crippen LogP contribution in [0.4, 0.5) is 4.79 Å². The minimum absolute atomic E-state index is 0.202. The Kier molecular flexibility index (Phi) is 5.72. The minimum Gasteiger partial charge on any atom is -0.457 e. The summed E-state index contributed by atoms with van der Waals surface area (Å²) in [6.07, 6.45) is 4.49. The van der Waals surface area contributed by atoms with E-state index >= 15 is 0 Å². The number of thioether (sulfide) groups is 1. The van der Waals surface area contributed by atoms with Gasteiger partial charge in [-0.3, -0.25) is 19.3 Å². The van der Waals surface area contributed by atoms with Crippen molar-refractivity contribution in [1.82, 2.24) is 9.80 Å². The normalized spacial score (nSPS) is 18.2. The van der Waals surface area contributed by atoms with E-state index < -0.39 is 11.1 Å². The number of imide groups is 1. The van der Waals surface area contributed by atoms with Crippen LogP contribution in [0.5, 0.6) is 0 Å². The highest BCUT2D eigenvalue weighted by Crippen LogP contribution is 2.33. The average molecular weight is 421 g/mol. The van der Waals surface area contributed by atoms with Crippen molar-refractivity contribution in [2.45, 2.75) is 19.3 Å². The third-order valence-electron chi connectivity index (χ3n) is 5.09. The topological polar surface area (TPSA) is 94.6 Å². The second-order valence-corrected chi connectivity index (χ2v) is 8.06. The molecule has 7 nitrogen and oxygen atoms in total. The molecule has 3 amide bonds. The van der Waals surface area contributed by atoms with Gasteiger partial charge in [-0.05, 0) is 55.3 Å². The molecule has 3 heterocycles. The van der Waals surface area contributed by atoms with Crippen molar-refractivity contribution in [1.29, 1.82) is 5.26 Å². The van der Waals surface area contributed by atoms with Crippen LogP contribution < -0.4 is 0 Å². The maximum atomic E-state index is 12.7. The first-order valence-electron chi connectivity index (χ1n) is 9.69. The molecule has 0 N–H and O–H groups in total. The summed E-state index contributed by atoms with van der Waals surface area (Å²) in [5.74, 6) is 0.195. The van der Waals surface area contributed by atoms with Crippen LogP contribution in [0.3, 0.4) is 0 Å². The molecular weight excluding hydrogens is 402 g/mol. The van der Waals surface area contributed by atoms with Crippen LogP contribution in [0.25, 0.3) is 17.4 Å². The zero-order chi connectivity index (χ0) is 21.1. The van der Waals surface area contributed by atoms with Crippen LogP contribution in [0.15, 0.2) is 45.7 Å². The van der Waals surface area contributed by atoms with E-state index in [0.717, 1.165) is 35.9 Å². The van der Waals surface area contributed by atoms with E-state index in [2.05, 4.69) is 6.07 Å². The zero-order valence-corrected chi connectivity index (χ0v) is 17.0. The highest BCUT2D eigenvalue weighted by atomic mass is 32.2. The number of nitrogens with zero attached hydrogens (tertiary/aromatic N) is 3. The van der Waals surface area contributed by atoms with Gasteiger partial charge in [0.1, 0.15) is 18.1 Å². The number of furan rings is 1. The first-order chi connectivity index (χ1) is 14.6. The first kappa shape index (κ1) is 20.0. The summed E-state index contributed by atoms with van der Waals surface area (Å²) in [4.78, 5) is 40.3. The van der Waals surface area contributed by atoms with E-state index in [1.807, 2.05) is 6.07 Å². The zero-order valence-electron chi connectivity index (χ0n) is 16.2. The Labute approximate surface area is 177 Å². The van der Waals surface area contributed by atoms with Crippen molar-refractivity contribution >= 4 is 34.9 Å². The van der Waals surface area contributed by atoms with Crippen LogP contribution in [-0.2, 0) is 9.59 Å². The largest absolute Gasteiger partial charge is 0.457 e. The van der Waals surface area contributed by atoms with Crippen molar-refractivity contribution in [3.05, 3.63) is 52.6 Å². The van der Waals surface area contributed by atoms with E-state index in [-0.39, 0.29) is 17.4 Å². The maximum absolute atomic E-state index is 12.7. The fourth-order valence-corrected chi connectivity index (χ4v) is 4.33. The Bertz CT molecular complexity index is 1080. The number of hydrogen-bond donors (Lipinski definition) is 0. The Hall–Kier alpha value is -3.31. The van der Waals surface area contributed by atoms with Gasteiger partial charge >= 0.3 is 0 Å². The molecular formula is C22H19N3O4S. The monoisotopic (exact) mass is 421 g/mol. The average Bonchev–Trinajstić information content (AvgIpc) is 3.34. The summed E-state index contributed by atoms with van der Waals surface area (Å²) >= 11 is 0.793. The molecule has 0 radical (unpaired) electrons. The van der Waals surface area contributed by atoms with Crippen molar-refractivity contribution in [2.75, 3.05) is 19.6 Å². The molecule has 8 heteroatoms. The third-order valence-corrected chi connectivity index (χ3v) is 6.00. The second-order valence-electron chi connectivity index (χ2n) is 7.07. The summed E-state index contributed by atoms with van der Waals surface area (Å²) in [7, 11) is 0. The molecule has 0 spiro atoms. The standard InChI is InChI=1S/C22H19N3O4S/c23-13-15-6-2-3-7-17(15)18-9-8-16(29-18)12-19-21(27)25(22(28)30-19)14-20(26)24-10-4-1-5-11-24/h2-3,6-9,12H,1,4-5,10-11,14H2/b19-12+. The van der Waals surface area contributed by atoms with Gasteiger partial charge in [-0.1, -0.05) is 12.1 Å². The van der Waals surface area contributed by atoms with Gasteiger partial charge in [0.25, 0.3) is 11.1 Å². The molecule has 1 aromatic carbocycles. The number of carbonyl (C=O) groups excluding carboxylic acids is 3. The maximum Gasteiger partial charge on any atom is 0.294 e. The number of amides is 3. The number of nitriles is 1. The van der Waals surface area contributed by atoms with E-state index in [0.29, 0.717) is 35.7 Å². The van der Waals surface area contributed by atoms with Crippen molar-refractivity contribution in [3.63, 3.8) is 0 Å².